The maximum Gasteiger partial charge on any atom is 0.374 e. The molecule has 152 valence electrons. The first-order chi connectivity index (χ1) is 13.8. The van der Waals surface area contributed by atoms with E-state index in [1.807, 2.05) is 6.92 Å². The Hall–Kier alpha value is -3.42. The van der Waals surface area contributed by atoms with E-state index in [9.17, 15) is 24.3 Å². The first kappa shape index (κ1) is 20.3. The van der Waals surface area contributed by atoms with Crippen LogP contribution >= 0.6 is 0 Å². The van der Waals surface area contributed by atoms with Crippen LogP contribution in [0.5, 0.6) is 0 Å². The van der Waals surface area contributed by atoms with Crippen molar-refractivity contribution in [1.29, 1.82) is 0 Å². The summed E-state index contributed by atoms with van der Waals surface area (Å²) in [4.78, 5) is 49.1. The number of carboxylic acids is 1. The zero-order valence-corrected chi connectivity index (χ0v) is 16.4. The summed E-state index contributed by atoms with van der Waals surface area (Å²) in [6.07, 6.45) is 1.07. The molecule has 0 unspecified atom stereocenters. The van der Waals surface area contributed by atoms with E-state index >= 15 is 0 Å². The molecule has 29 heavy (non-hydrogen) atoms. The van der Waals surface area contributed by atoms with Gasteiger partial charge in [-0.2, -0.15) is 0 Å². The van der Waals surface area contributed by atoms with E-state index in [2.05, 4.69) is 0 Å². The minimum absolute atomic E-state index is 0.122. The molecular formula is C21H21NO7. The van der Waals surface area contributed by atoms with E-state index in [0.29, 0.717) is 30.5 Å². The first-order valence-electron chi connectivity index (χ1n) is 9.41. The average Bonchev–Trinajstić information content (AvgIpc) is 2.68. The maximum absolute atomic E-state index is 12.7. The lowest BCUT2D eigenvalue weighted by molar-refractivity contribution is 0.0490. The summed E-state index contributed by atoms with van der Waals surface area (Å²) in [6.45, 7) is 5.73. The summed E-state index contributed by atoms with van der Waals surface area (Å²) in [5, 5.41) is 9.94. The van der Waals surface area contributed by atoms with E-state index < -0.39 is 22.8 Å². The van der Waals surface area contributed by atoms with Gasteiger partial charge in [0.2, 0.25) is 5.76 Å². The minimum atomic E-state index is -1.23. The van der Waals surface area contributed by atoms with Crippen LogP contribution in [0.25, 0.3) is 21.9 Å². The summed E-state index contributed by atoms with van der Waals surface area (Å²) >= 11 is 0. The predicted octanol–water partition coefficient (Wildman–Crippen LogP) is 2.96. The van der Waals surface area contributed by atoms with Crippen molar-refractivity contribution in [2.45, 2.75) is 40.2 Å². The molecule has 0 bridgehead atoms. The van der Waals surface area contributed by atoms with Gasteiger partial charge in [0.15, 0.2) is 10.9 Å². The van der Waals surface area contributed by atoms with Crippen molar-refractivity contribution in [2.24, 2.45) is 0 Å². The van der Waals surface area contributed by atoms with E-state index in [0.717, 1.165) is 12.1 Å². The third-order valence-corrected chi connectivity index (χ3v) is 4.69. The summed E-state index contributed by atoms with van der Waals surface area (Å²) in [7, 11) is 0. The number of benzene rings is 1. The zero-order chi connectivity index (χ0) is 21.3. The van der Waals surface area contributed by atoms with Crippen molar-refractivity contribution >= 4 is 33.8 Å². The summed E-state index contributed by atoms with van der Waals surface area (Å²) in [5.74, 6) is -2.22. The molecule has 2 heterocycles. The number of carboxylic acid groups (broad SMARTS) is 1. The van der Waals surface area contributed by atoms with E-state index in [-0.39, 0.29) is 34.4 Å². The molecule has 0 fully saturated rings. The van der Waals surface area contributed by atoms with Crippen LogP contribution in [0.15, 0.2) is 32.2 Å². The Morgan fingerprint density at radius 1 is 1.07 bits per heavy atom. The Labute approximate surface area is 165 Å². The third-order valence-electron chi connectivity index (χ3n) is 4.69. The number of aryl methyl sites for hydroxylation is 2. The second kappa shape index (κ2) is 7.90. The Balaban J connectivity index is 2.56. The van der Waals surface area contributed by atoms with Gasteiger partial charge in [-0.25, -0.2) is 9.59 Å². The van der Waals surface area contributed by atoms with Gasteiger partial charge in [-0.1, -0.05) is 13.3 Å². The topological polar surface area (TPSA) is 116 Å². The molecule has 0 saturated heterocycles. The highest BCUT2D eigenvalue weighted by Crippen LogP contribution is 2.28. The summed E-state index contributed by atoms with van der Waals surface area (Å²) in [6, 6.07) is 3.51. The Kier molecular flexibility index (Phi) is 5.54. The molecule has 2 aromatic heterocycles. The molecule has 0 radical (unpaired) electrons. The highest BCUT2D eigenvalue weighted by molar-refractivity contribution is 6.01. The van der Waals surface area contributed by atoms with Crippen LogP contribution in [0.4, 0.5) is 0 Å². The lowest BCUT2D eigenvalue weighted by atomic mass is 10.00. The molecular weight excluding hydrogens is 378 g/mol. The number of aromatic carboxylic acids is 1. The third kappa shape index (κ3) is 3.41. The molecule has 0 spiro atoms. The van der Waals surface area contributed by atoms with Gasteiger partial charge in [0.25, 0.3) is 0 Å². The van der Waals surface area contributed by atoms with Crippen LogP contribution < -0.4 is 10.9 Å². The van der Waals surface area contributed by atoms with Crippen LogP contribution in [0.2, 0.25) is 0 Å². The quantitative estimate of drug-likeness (QED) is 0.500. The SMILES string of the molecule is CCCc1c2oc(C(=O)OCC)cc(=O)c2cc2c(=O)cc(C(=O)O)n(CC)c12. The van der Waals surface area contributed by atoms with Crippen molar-refractivity contribution in [3.63, 3.8) is 0 Å². The Bertz CT molecular complexity index is 1250. The minimum Gasteiger partial charge on any atom is -0.477 e. The molecule has 3 rings (SSSR count). The van der Waals surface area contributed by atoms with Gasteiger partial charge in [-0.3, -0.25) is 9.59 Å². The molecule has 0 aliphatic rings. The van der Waals surface area contributed by atoms with Gasteiger partial charge in [0, 0.05) is 29.6 Å². The molecule has 1 N–H and O–H groups in total. The van der Waals surface area contributed by atoms with Crippen molar-refractivity contribution in [1.82, 2.24) is 4.57 Å². The number of ether oxygens (including phenoxy) is 1. The number of fused-ring (bicyclic) bond motifs is 2. The van der Waals surface area contributed by atoms with Crippen molar-refractivity contribution in [2.75, 3.05) is 6.61 Å². The number of pyridine rings is 1. The molecule has 8 heteroatoms. The van der Waals surface area contributed by atoms with E-state index in [1.165, 1.54) is 10.6 Å². The molecule has 0 atom stereocenters. The fourth-order valence-corrected chi connectivity index (χ4v) is 3.53. The second-order valence-corrected chi connectivity index (χ2v) is 6.52. The summed E-state index contributed by atoms with van der Waals surface area (Å²) < 4.78 is 12.2. The fourth-order valence-electron chi connectivity index (χ4n) is 3.53. The van der Waals surface area contributed by atoms with E-state index in [1.54, 1.807) is 13.8 Å². The standard InChI is InChI=1S/C21H21NO7/c1-4-7-11-18-12(15(23)9-14(20(25)26)22(18)5-2)8-13-16(24)10-17(29-19(11)13)21(27)28-6-3/h8-10H,4-7H2,1-3H3,(H,25,26). The smallest absolute Gasteiger partial charge is 0.374 e. The fraction of sp³-hybridized carbons (Fsp3) is 0.333. The van der Waals surface area contributed by atoms with Crippen LogP contribution in [0, 0.1) is 0 Å². The molecule has 0 aliphatic carbocycles. The van der Waals surface area contributed by atoms with Crippen molar-refractivity contribution in [3.8, 4) is 0 Å². The molecule has 1 aromatic carbocycles. The van der Waals surface area contributed by atoms with Gasteiger partial charge in [-0.05, 0) is 26.3 Å². The summed E-state index contributed by atoms with van der Waals surface area (Å²) in [5.41, 5.74) is -0.0283. The Morgan fingerprint density at radius 3 is 2.34 bits per heavy atom. The lowest BCUT2D eigenvalue weighted by Gasteiger charge is -2.17. The highest BCUT2D eigenvalue weighted by atomic mass is 16.5. The van der Waals surface area contributed by atoms with Gasteiger partial charge in [-0.15, -0.1) is 0 Å². The average molecular weight is 399 g/mol. The normalized spacial score (nSPS) is 11.1. The van der Waals surface area contributed by atoms with E-state index in [4.69, 9.17) is 9.15 Å². The number of nitrogens with zero attached hydrogens (tertiary/aromatic N) is 1. The number of aromatic nitrogens is 1. The zero-order valence-electron chi connectivity index (χ0n) is 16.4. The van der Waals surface area contributed by atoms with Gasteiger partial charge in [0.1, 0.15) is 11.3 Å². The number of carbonyl (C=O) groups is 2. The van der Waals surface area contributed by atoms with Crippen molar-refractivity contribution in [3.05, 3.63) is 55.7 Å². The predicted molar refractivity (Wildman–Crippen MR) is 107 cm³/mol. The second-order valence-electron chi connectivity index (χ2n) is 6.52. The lowest BCUT2D eigenvalue weighted by Crippen LogP contribution is -2.19. The number of hydrogen-bond acceptors (Lipinski definition) is 6. The molecule has 8 nitrogen and oxygen atoms in total. The highest BCUT2D eigenvalue weighted by Gasteiger charge is 2.22. The van der Waals surface area contributed by atoms with Crippen LogP contribution in [0.1, 0.15) is 53.8 Å². The molecule has 3 aromatic rings. The largest absolute Gasteiger partial charge is 0.477 e. The van der Waals surface area contributed by atoms with Gasteiger partial charge < -0.3 is 18.8 Å². The van der Waals surface area contributed by atoms with Crippen LogP contribution in [-0.2, 0) is 17.7 Å². The Morgan fingerprint density at radius 2 is 1.76 bits per heavy atom. The van der Waals surface area contributed by atoms with Gasteiger partial charge >= 0.3 is 11.9 Å². The number of rotatable bonds is 6. The van der Waals surface area contributed by atoms with Gasteiger partial charge in [0.05, 0.1) is 17.5 Å². The molecule has 0 aliphatic heterocycles. The molecule has 0 amide bonds. The maximum atomic E-state index is 12.7. The number of hydrogen-bond donors (Lipinski definition) is 1. The van der Waals surface area contributed by atoms with Crippen LogP contribution in [-0.4, -0.2) is 28.2 Å². The van der Waals surface area contributed by atoms with Crippen molar-refractivity contribution < 1.29 is 23.8 Å². The molecule has 0 saturated carbocycles. The number of esters is 1. The number of carbonyl (C=O) groups excluding carboxylic acids is 1. The van der Waals surface area contributed by atoms with Crippen LogP contribution in [0.3, 0.4) is 0 Å². The monoisotopic (exact) mass is 399 g/mol. The first-order valence-corrected chi connectivity index (χ1v) is 9.41.